The van der Waals surface area contributed by atoms with E-state index in [0.29, 0.717) is 24.0 Å². The lowest BCUT2D eigenvalue weighted by atomic mass is 9.73. The van der Waals surface area contributed by atoms with E-state index >= 15 is 0 Å². The largest absolute Gasteiger partial charge is 0.462 e. The highest BCUT2D eigenvalue weighted by Crippen LogP contribution is 2.50. The van der Waals surface area contributed by atoms with Crippen molar-refractivity contribution in [3.8, 4) is 0 Å². The molecule has 1 spiro atoms. The smallest absolute Gasteiger partial charge is 0.215 e. The second-order valence-electron chi connectivity index (χ2n) is 6.27. The van der Waals surface area contributed by atoms with E-state index in [1.54, 1.807) is 0 Å². The molecule has 3 aliphatic rings. The zero-order valence-corrected chi connectivity index (χ0v) is 11.7. The number of allylic oxidation sites excluding steroid dienone is 2. The molecule has 3 nitrogen and oxygen atoms in total. The van der Waals surface area contributed by atoms with Crippen molar-refractivity contribution in [1.29, 1.82) is 0 Å². The first kappa shape index (κ1) is 12.9. The van der Waals surface area contributed by atoms with Crippen LogP contribution in [0.15, 0.2) is 36.1 Å². The normalized spacial score (nSPS) is 45.9. The summed E-state index contributed by atoms with van der Waals surface area (Å²) < 4.78 is 12.1. The third kappa shape index (κ3) is 1.96. The molecule has 19 heavy (non-hydrogen) atoms. The number of hydrogen-bond donors (Lipinski definition) is 1. The van der Waals surface area contributed by atoms with E-state index in [9.17, 15) is 5.11 Å². The predicted octanol–water partition coefficient (Wildman–Crippen LogP) is 2.93. The minimum atomic E-state index is -0.645. The van der Waals surface area contributed by atoms with Crippen LogP contribution in [-0.2, 0) is 9.47 Å². The number of fused-ring (bicyclic) bond motifs is 1. The molecule has 0 aromatic heterocycles. The third-order valence-electron chi connectivity index (χ3n) is 4.81. The maximum atomic E-state index is 10.4. The number of aliphatic hydroxyl groups excluding tert-OH is 1. The molecule has 0 radical (unpaired) electrons. The molecule has 3 heteroatoms. The highest BCUT2D eigenvalue weighted by molar-refractivity contribution is 5.27. The lowest BCUT2D eigenvalue weighted by Gasteiger charge is -2.48. The lowest BCUT2D eigenvalue weighted by molar-refractivity contribution is -0.287. The number of aliphatic hydroxyl groups is 1. The molecule has 0 amide bonds. The second kappa shape index (κ2) is 4.22. The fraction of sp³-hybridized carbons (Fsp3) is 0.625. The van der Waals surface area contributed by atoms with E-state index in [1.807, 2.05) is 6.92 Å². The van der Waals surface area contributed by atoms with Crippen LogP contribution in [0.3, 0.4) is 0 Å². The molecule has 5 atom stereocenters. The number of ether oxygens (including phenoxy) is 2. The highest BCUT2D eigenvalue weighted by Gasteiger charge is 2.53. The van der Waals surface area contributed by atoms with Crippen molar-refractivity contribution in [2.45, 2.75) is 51.1 Å². The summed E-state index contributed by atoms with van der Waals surface area (Å²) in [6.07, 6.45) is 3.92. The van der Waals surface area contributed by atoms with Gasteiger partial charge in [0, 0.05) is 12.8 Å². The van der Waals surface area contributed by atoms with E-state index in [0.717, 1.165) is 24.0 Å². The maximum absolute atomic E-state index is 10.4. The van der Waals surface area contributed by atoms with Crippen molar-refractivity contribution in [1.82, 2.24) is 0 Å². The van der Waals surface area contributed by atoms with Crippen molar-refractivity contribution in [3.05, 3.63) is 36.1 Å². The van der Waals surface area contributed by atoms with Crippen LogP contribution in [0.25, 0.3) is 0 Å². The van der Waals surface area contributed by atoms with Gasteiger partial charge in [-0.25, -0.2) is 0 Å². The van der Waals surface area contributed by atoms with Gasteiger partial charge in [-0.15, -0.1) is 0 Å². The predicted molar refractivity (Wildman–Crippen MR) is 73.2 cm³/mol. The minimum Gasteiger partial charge on any atom is -0.462 e. The molecule has 0 unspecified atom stereocenters. The van der Waals surface area contributed by atoms with Crippen LogP contribution in [0.4, 0.5) is 0 Å². The van der Waals surface area contributed by atoms with Crippen LogP contribution < -0.4 is 0 Å². The van der Waals surface area contributed by atoms with E-state index in [4.69, 9.17) is 9.47 Å². The molecule has 2 heterocycles. The van der Waals surface area contributed by atoms with Gasteiger partial charge in [0.1, 0.15) is 11.9 Å². The lowest BCUT2D eigenvalue weighted by Crippen LogP contribution is -2.54. The van der Waals surface area contributed by atoms with Gasteiger partial charge >= 0.3 is 0 Å². The fourth-order valence-electron chi connectivity index (χ4n) is 3.65. The molecule has 0 bridgehead atoms. The number of rotatable bonds is 0. The molecule has 0 aromatic carbocycles. The van der Waals surface area contributed by atoms with Crippen LogP contribution in [0, 0.1) is 11.8 Å². The van der Waals surface area contributed by atoms with Gasteiger partial charge in [-0.2, -0.15) is 0 Å². The molecule has 0 saturated carbocycles. The summed E-state index contributed by atoms with van der Waals surface area (Å²) in [7, 11) is 0. The van der Waals surface area contributed by atoms with E-state index in [2.05, 4.69) is 26.2 Å². The maximum Gasteiger partial charge on any atom is 0.215 e. The summed E-state index contributed by atoms with van der Waals surface area (Å²) >= 11 is 0. The van der Waals surface area contributed by atoms with Gasteiger partial charge in [0.15, 0.2) is 0 Å². The van der Waals surface area contributed by atoms with Gasteiger partial charge in [-0.05, 0) is 36.3 Å². The number of hydrogen-bond acceptors (Lipinski definition) is 3. The average molecular weight is 262 g/mol. The summed E-state index contributed by atoms with van der Waals surface area (Å²) in [5, 5.41) is 10.4. The van der Waals surface area contributed by atoms with Crippen molar-refractivity contribution < 1.29 is 14.6 Å². The Hall–Kier alpha value is -1.06. The van der Waals surface area contributed by atoms with Crippen molar-refractivity contribution in [3.63, 3.8) is 0 Å². The molecular weight excluding hydrogens is 240 g/mol. The average Bonchev–Trinajstić information content (AvgIpc) is 2.59. The minimum absolute atomic E-state index is 0.174. The van der Waals surface area contributed by atoms with Crippen LogP contribution in [0.1, 0.15) is 33.1 Å². The van der Waals surface area contributed by atoms with Gasteiger partial charge in [0.2, 0.25) is 5.79 Å². The van der Waals surface area contributed by atoms with Crippen LogP contribution in [-0.4, -0.2) is 23.1 Å². The molecule has 0 aromatic rings. The van der Waals surface area contributed by atoms with Crippen molar-refractivity contribution in [2.75, 3.05) is 0 Å². The Morgan fingerprint density at radius 3 is 2.79 bits per heavy atom. The zero-order chi connectivity index (χ0) is 13.8. The van der Waals surface area contributed by atoms with Crippen LogP contribution in [0.2, 0.25) is 0 Å². The molecule has 2 fully saturated rings. The topological polar surface area (TPSA) is 38.7 Å². The van der Waals surface area contributed by atoms with E-state index in [-0.39, 0.29) is 6.10 Å². The summed E-state index contributed by atoms with van der Waals surface area (Å²) in [5.41, 5.74) is 1.91. The Balaban J connectivity index is 1.88. The first-order valence-corrected chi connectivity index (χ1v) is 7.00. The highest BCUT2D eigenvalue weighted by atomic mass is 16.7. The molecule has 3 rings (SSSR count). The SMILES string of the molecule is C=C1C[C@@]2(C[C@H](C)[C@H]3CC=C(C)[C@@H](O)[C@@H]3O2)OC1=C. The molecule has 104 valence electrons. The quantitative estimate of drug-likeness (QED) is 0.682. The Bertz CT molecular complexity index is 447. The molecule has 2 saturated heterocycles. The fourth-order valence-corrected chi connectivity index (χ4v) is 3.65. The molecule has 1 N–H and O–H groups in total. The Morgan fingerprint density at radius 1 is 1.42 bits per heavy atom. The van der Waals surface area contributed by atoms with Gasteiger partial charge in [0.05, 0.1) is 6.10 Å². The molecule has 1 aliphatic carbocycles. The zero-order valence-electron chi connectivity index (χ0n) is 11.7. The first-order valence-electron chi connectivity index (χ1n) is 7.00. The summed E-state index contributed by atoms with van der Waals surface area (Å²) in [6, 6.07) is 0. The van der Waals surface area contributed by atoms with Gasteiger partial charge in [-0.1, -0.05) is 26.2 Å². The standard InChI is InChI=1S/C16H22O3/c1-9-5-6-13-11(3)8-16(19-15(13)14(9)17)7-10(2)12(4)18-16/h5,11,13-15,17H,2,4,6-8H2,1,3H3/t11-,13+,14+,15+,16+/m0/s1. The summed E-state index contributed by atoms with van der Waals surface area (Å²) in [4.78, 5) is 0. The Morgan fingerprint density at radius 2 is 2.16 bits per heavy atom. The van der Waals surface area contributed by atoms with Gasteiger partial charge < -0.3 is 14.6 Å². The Kier molecular flexibility index (Phi) is 2.88. The van der Waals surface area contributed by atoms with Crippen LogP contribution >= 0.6 is 0 Å². The summed E-state index contributed by atoms with van der Waals surface area (Å²) in [6.45, 7) is 12.0. The molecular formula is C16H22O3. The molecule has 2 aliphatic heterocycles. The Labute approximate surface area is 114 Å². The third-order valence-corrected chi connectivity index (χ3v) is 4.81. The summed E-state index contributed by atoms with van der Waals surface area (Å²) in [5.74, 6) is 0.808. The monoisotopic (exact) mass is 262 g/mol. The van der Waals surface area contributed by atoms with Crippen molar-refractivity contribution in [2.24, 2.45) is 11.8 Å². The van der Waals surface area contributed by atoms with E-state index in [1.165, 1.54) is 0 Å². The van der Waals surface area contributed by atoms with Crippen LogP contribution in [0.5, 0.6) is 0 Å². The first-order chi connectivity index (χ1) is 8.92. The van der Waals surface area contributed by atoms with Crippen molar-refractivity contribution >= 4 is 0 Å². The van der Waals surface area contributed by atoms with Gasteiger partial charge in [0.25, 0.3) is 0 Å². The second-order valence-corrected chi connectivity index (χ2v) is 6.27. The van der Waals surface area contributed by atoms with E-state index < -0.39 is 11.9 Å². The van der Waals surface area contributed by atoms with Gasteiger partial charge in [-0.3, -0.25) is 0 Å².